The van der Waals surface area contributed by atoms with Crippen LogP contribution >= 0.6 is 0 Å². The van der Waals surface area contributed by atoms with Gasteiger partial charge in [-0.3, -0.25) is 0 Å². The van der Waals surface area contributed by atoms with Crippen LogP contribution in [-0.4, -0.2) is 24.5 Å². The van der Waals surface area contributed by atoms with E-state index in [9.17, 15) is 19.2 Å². The molecular formula is C22H26O6. The van der Waals surface area contributed by atoms with Gasteiger partial charge in [0.1, 0.15) is 12.6 Å². The molecule has 0 radical (unpaired) electrons. The van der Waals surface area contributed by atoms with E-state index in [2.05, 4.69) is 13.2 Å². The van der Waals surface area contributed by atoms with Crippen LogP contribution in [0.2, 0.25) is 0 Å². The van der Waals surface area contributed by atoms with Crippen LogP contribution in [0.5, 0.6) is 0 Å². The van der Waals surface area contributed by atoms with Crippen molar-refractivity contribution in [2.75, 3.05) is 0 Å². The summed E-state index contributed by atoms with van der Waals surface area (Å²) in [5.41, 5.74) is -2.63. The average molecular weight is 386 g/mol. The van der Waals surface area contributed by atoms with Crippen molar-refractivity contribution >= 4 is 24.5 Å². The van der Waals surface area contributed by atoms with Crippen LogP contribution in [0.25, 0.3) is 0 Å². The predicted octanol–water partition coefficient (Wildman–Crippen LogP) is 3.11. The number of allylic oxidation sites excluding steroid dienone is 2. The highest BCUT2D eigenvalue weighted by Gasteiger charge is 2.69. The summed E-state index contributed by atoms with van der Waals surface area (Å²) >= 11 is 0. The van der Waals surface area contributed by atoms with Crippen LogP contribution < -0.4 is 0 Å². The van der Waals surface area contributed by atoms with Crippen LogP contribution in [0.4, 0.5) is 0 Å². The van der Waals surface area contributed by atoms with Crippen molar-refractivity contribution in [3.05, 3.63) is 24.3 Å². The van der Waals surface area contributed by atoms with Gasteiger partial charge in [0.25, 0.3) is 0 Å². The van der Waals surface area contributed by atoms with E-state index in [-0.39, 0.29) is 11.8 Å². The summed E-state index contributed by atoms with van der Waals surface area (Å²) in [6.07, 6.45) is 5.02. The summed E-state index contributed by atoms with van der Waals surface area (Å²) in [5, 5.41) is 0. The van der Waals surface area contributed by atoms with Crippen molar-refractivity contribution in [1.82, 2.24) is 0 Å². The van der Waals surface area contributed by atoms with E-state index in [0.29, 0.717) is 25.7 Å². The maximum atomic E-state index is 13.0. The van der Waals surface area contributed by atoms with Crippen LogP contribution in [-0.2, 0) is 29.0 Å². The number of hydrogen-bond donors (Lipinski definition) is 0. The molecule has 0 spiro atoms. The van der Waals surface area contributed by atoms with E-state index in [1.807, 2.05) is 0 Å². The van der Waals surface area contributed by atoms with Crippen LogP contribution in [0, 0.1) is 33.5 Å². The molecule has 0 saturated heterocycles. The van der Waals surface area contributed by atoms with Crippen molar-refractivity contribution in [2.45, 2.75) is 52.4 Å². The largest absolute Gasteiger partial charge is 0.362 e. The number of carbonyl (C=O) groups is 4. The third-order valence-electron chi connectivity index (χ3n) is 8.78. The smallest absolute Gasteiger partial charge is 0.302 e. The molecule has 6 atom stereocenters. The lowest BCUT2D eigenvalue weighted by Gasteiger charge is -2.40. The summed E-state index contributed by atoms with van der Waals surface area (Å²) in [5.74, 6) is -1.20. The number of aldehydes is 2. The molecule has 0 N–H and O–H groups in total. The van der Waals surface area contributed by atoms with Crippen molar-refractivity contribution in [1.29, 1.82) is 0 Å². The normalized spacial score (nSPS) is 45.9. The van der Waals surface area contributed by atoms with Gasteiger partial charge in [-0.15, -0.1) is 0 Å². The lowest BCUT2D eigenvalue weighted by Crippen LogP contribution is -2.48. The van der Waals surface area contributed by atoms with Crippen molar-refractivity contribution in [3.63, 3.8) is 0 Å². The van der Waals surface area contributed by atoms with Gasteiger partial charge in [-0.05, 0) is 64.2 Å². The van der Waals surface area contributed by atoms with Gasteiger partial charge in [-0.25, -0.2) is 19.4 Å². The summed E-state index contributed by atoms with van der Waals surface area (Å²) in [7, 11) is 0. The van der Waals surface area contributed by atoms with E-state index < -0.39 is 33.6 Å². The molecule has 4 aliphatic rings. The Balaban J connectivity index is 1.54. The molecule has 0 amide bonds. The first kappa shape index (κ1) is 19.1. The highest BCUT2D eigenvalue weighted by Crippen LogP contribution is 2.67. The molecule has 4 aliphatic carbocycles. The van der Waals surface area contributed by atoms with Gasteiger partial charge < -0.3 is 9.59 Å². The van der Waals surface area contributed by atoms with Crippen molar-refractivity contribution < 1.29 is 29.0 Å². The van der Waals surface area contributed by atoms with Gasteiger partial charge >= 0.3 is 11.9 Å². The maximum absolute atomic E-state index is 13.0. The Morgan fingerprint density at radius 3 is 1.54 bits per heavy atom. The first-order valence-electron chi connectivity index (χ1n) is 9.86. The van der Waals surface area contributed by atoms with Gasteiger partial charge in [0.05, 0.1) is 21.7 Å². The number of carbonyl (C=O) groups excluding carboxylic acids is 4. The maximum Gasteiger partial charge on any atom is 0.362 e. The molecule has 150 valence electrons. The van der Waals surface area contributed by atoms with E-state index >= 15 is 0 Å². The highest BCUT2D eigenvalue weighted by atomic mass is 17.2. The first-order valence-corrected chi connectivity index (χ1v) is 9.86. The minimum Gasteiger partial charge on any atom is -0.302 e. The Labute approximate surface area is 164 Å². The van der Waals surface area contributed by atoms with E-state index in [1.165, 1.54) is 0 Å². The molecule has 28 heavy (non-hydrogen) atoms. The average Bonchev–Trinajstić information content (AvgIpc) is 3.43. The molecule has 0 aromatic carbocycles. The molecule has 6 unspecified atom stereocenters. The summed E-state index contributed by atoms with van der Waals surface area (Å²) in [4.78, 5) is 59.7. The Bertz CT molecular complexity index is 761. The molecule has 0 aromatic rings. The van der Waals surface area contributed by atoms with Crippen molar-refractivity contribution in [3.8, 4) is 0 Å². The molecule has 6 nitrogen and oxygen atoms in total. The lowest BCUT2D eigenvalue weighted by atomic mass is 9.63. The molecule has 0 aromatic heterocycles. The number of hydrogen-bond acceptors (Lipinski definition) is 6. The van der Waals surface area contributed by atoms with E-state index in [0.717, 1.165) is 36.6 Å². The zero-order valence-electron chi connectivity index (χ0n) is 16.4. The lowest BCUT2D eigenvalue weighted by molar-refractivity contribution is -0.277. The number of fused-ring (bicyclic) bond motifs is 4. The summed E-state index contributed by atoms with van der Waals surface area (Å²) < 4.78 is 0. The molecular weight excluding hydrogens is 360 g/mol. The molecule has 4 fully saturated rings. The molecule has 4 bridgehead atoms. The Morgan fingerprint density at radius 1 is 0.857 bits per heavy atom. The fourth-order valence-corrected chi connectivity index (χ4v) is 6.50. The van der Waals surface area contributed by atoms with Gasteiger partial charge in [0.2, 0.25) is 0 Å². The predicted molar refractivity (Wildman–Crippen MR) is 98.4 cm³/mol. The fourth-order valence-electron chi connectivity index (χ4n) is 6.50. The minimum absolute atomic E-state index is 0.101. The van der Waals surface area contributed by atoms with Crippen LogP contribution in [0.1, 0.15) is 52.4 Å². The van der Waals surface area contributed by atoms with Gasteiger partial charge in [0.15, 0.2) is 0 Å². The monoisotopic (exact) mass is 386 g/mol. The fraction of sp³-hybridized carbons (Fsp3) is 0.636. The topological polar surface area (TPSA) is 86.7 Å². The third-order valence-corrected chi connectivity index (χ3v) is 8.78. The Kier molecular flexibility index (Phi) is 3.85. The first-order chi connectivity index (χ1) is 13.1. The van der Waals surface area contributed by atoms with Gasteiger partial charge in [-0.2, -0.15) is 0 Å². The SMILES string of the molecule is C=C1C2CCC(C(=O)OOC(=O)C34CCC(C3)C(=C)C4(C)C=O)(C2)C1(C)C=O. The number of rotatable bonds is 4. The van der Waals surface area contributed by atoms with Gasteiger partial charge in [-0.1, -0.05) is 24.3 Å². The Morgan fingerprint density at radius 2 is 1.21 bits per heavy atom. The Hall–Kier alpha value is -2.24. The van der Waals surface area contributed by atoms with Gasteiger partial charge in [0, 0.05) is 0 Å². The van der Waals surface area contributed by atoms with Crippen molar-refractivity contribution in [2.24, 2.45) is 33.5 Å². The van der Waals surface area contributed by atoms with Crippen LogP contribution in [0.3, 0.4) is 0 Å². The second-order valence-corrected chi connectivity index (χ2v) is 9.48. The summed E-state index contributed by atoms with van der Waals surface area (Å²) in [6.45, 7) is 11.4. The third kappa shape index (κ3) is 1.89. The molecule has 0 aliphatic heterocycles. The van der Waals surface area contributed by atoms with E-state index in [1.54, 1.807) is 13.8 Å². The zero-order chi connectivity index (χ0) is 20.5. The molecule has 6 heteroatoms. The second-order valence-electron chi connectivity index (χ2n) is 9.48. The molecule has 4 saturated carbocycles. The zero-order valence-corrected chi connectivity index (χ0v) is 16.4. The molecule has 0 heterocycles. The summed E-state index contributed by atoms with van der Waals surface area (Å²) in [6, 6.07) is 0. The van der Waals surface area contributed by atoms with Crippen LogP contribution in [0.15, 0.2) is 24.3 Å². The molecule has 4 rings (SSSR count). The second kappa shape index (κ2) is 5.65. The standard InChI is InChI=1S/C22H26O6/c1-13-15-5-7-21(9-15,19(13,3)11-23)17(25)27-28-18(26)22-8-6-16(10-22)14(2)20(22,4)12-24/h11-12,15-16H,1-2,5-10H2,3-4H3. The quantitative estimate of drug-likeness (QED) is 0.319. The van der Waals surface area contributed by atoms with E-state index in [4.69, 9.17) is 9.78 Å². The minimum atomic E-state index is -1.04. The highest BCUT2D eigenvalue weighted by molar-refractivity contribution is 5.90.